The Bertz CT molecular complexity index is 141. The molecule has 0 radical (unpaired) electrons. The van der Waals surface area contributed by atoms with Gasteiger partial charge in [0.2, 0.25) is 0 Å². The first kappa shape index (κ1) is 12.0. The predicted molar refractivity (Wildman–Crippen MR) is 60.5 cm³/mol. The standard InChI is InChI=1S/C12H25NO/c1-10-4-6-12(7-5-10)13-9-8-11(2)14-3/h10-13H,4-9H2,1-3H3. The van der Waals surface area contributed by atoms with Gasteiger partial charge in [-0.25, -0.2) is 0 Å². The van der Waals surface area contributed by atoms with Crippen molar-refractivity contribution in [1.29, 1.82) is 0 Å². The van der Waals surface area contributed by atoms with Gasteiger partial charge < -0.3 is 10.1 Å². The highest BCUT2D eigenvalue weighted by Crippen LogP contribution is 2.23. The fourth-order valence-electron chi connectivity index (χ4n) is 2.07. The number of methoxy groups -OCH3 is 1. The van der Waals surface area contributed by atoms with E-state index in [1.807, 2.05) is 0 Å². The van der Waals surface area contributed by atoms with Crippen LogP contribution in [0.3, 0.4) is 0 Å². The Kier molecular flexibility index (Phi) is 5.49. The van der Waals surface area contributed by atoms with Gasteiger partial charge in [0.15, 0.2) is 0 Å². The third-order valence-electron chi connectivity index (χ3n) is 3.40. The number of hydrogen-bond acceptors (Lipinski definition) is 2. The maximum Gasteiger partial charge on any atom is 0.0555 e. The lowest BCUT2D eigenvalue weighted by molar-refractivity contribution is 0.109. The largest absolute Gasteiger partial charge is 0.382 e. The van der Waals surface area contributed by atoms with E-state index in [0.29, 0.717) is 6.10 Å². The van der Waals surface area contributed by atoms with Gasteiger partial charge in [0.25, 0.3) is 0 Å². The highest BCUT2D eigenvalue weighted by molar-refractivity contribution is 4.75. The van der Waals surface area contributed by atoms with Gasteiger partial charge in [-0.3, -0.25) is 0 Å². The Balaban J connectivity index is 2.02. The van der Waals surface area contributed by atoms with Crippen molar-refractivity contribution in [3.63, 3.8) is 0 Å². The molecule has 2 nitrogen and oxygen atoms in total. The van der Waals surface area contributed by atoms with Crippen molar-refractivity contribution in [2.24, 2.45) is 5.92 Å². The van der Waals surface area contributed by atoms with E-state index in [1.165, 1.54) is 25.7 Å². The Morgan fingerprint density at radius 2 is 1.93 bits per heavy atom. The summed E-state index contributed by atoms with van der Waals surface area (Å²) in [6.07, 6.45) is 7.05. The normalized spacial score (nSPS) is 30.2. The maximum absolute atomic E-state index is 5.22. The van der Waals surface area contributed by atoms with Crippen molar-refractivity contribution in [2.75, 3.05) is 13.7 Å². The predicted octanol–water partition coefficient (Wildman–Crippen LogP) is 2.58. The Morgan fingerprint density at radius 3 is 2.50 bits per heavy atom. The molecule has 1 rings (SSSR count). The van der Waals surface area contributed by atoms with Crippen LogP contribution in [0, 0.1) is 5.92 Å². The molecule has 0 spiro atoms. The van der Waals surface area contributed by atoms with Crippen LogP contribution >= 0.6 is 0 Å². The summed E-state index contributed by atoms with van der Waals surface area (Å²) in [7, 11) is 1.78. The fraction of sp³-hybridized carbons (Fsp3) is 1.00. The summed E-state index contributed by atoms with van der Waals surface area (Å²) in [5.41, 5.74) is 0. The molecule has 84 valence electrons. The first-order valence-corrected chi connectivity index (χ1v) is 5.98. The second kappa shape index (κ2) is 6.41. The lowest BCUT2D eigenvalue weighted by Gasteiger charge is -2.27. The highest BCUT2D eigenvalue weighted by atomic mass is 16.5. The first-order valence-electron chi connectivity index (χ1n) is 5.98. The smallest absolute Gasteiger partial charge is 0.0555 e. The third-order valence-corrected chi connectivity index (χ3v) is 3.40. The summed E-state index contributed by atoms with van der Waals surface area (Å²) in [5, 5.41) is 3.63. The minimum absolute atomic E-state index is 0.394. The van der Waals surface area contributed by atoms with Gasteiger partial charge >= 0.3 is 0 Å². The van der Waals surface area contributed by atoms with Gasteiger partial charge in [-0.15, -0.1) is 0 Å². The molecule has 0 aromatic carbocycles. The van der Waals surface area contributed by atoms with Crippen LogP contribution in [-0.2, 0) is 4.74 Å². The Hall–Kier alpha value is -0.0800. The van der Waals surface area contributed by atoms with Gasteiger partial charge in [0.05, 0.1) is 6.10 Å². The van der Waals surface area contributed by atoms with Crippen molar-refractivity contribution in [1.82, 2.24) is 5.32 Å². The molecule has 2 heteroatoms. The monoisotopic (exact) mass is 199 g/mol. The summed E-state index contributed by atoms with van der Waals surface area (Å²) < 4.78 is 5.22. The van der Waals surface area contributed by atoms with Crippen molar-refractivity contribution < 1.29 is 4.74 Å². The van der Waals surface area contributed by atoms with Crippen molar-refractivity contribution in [3.8, 4) is 0 Å². The third kappa shape index (κ3) is 4.43. The second-order valence-electron chi connectivity index (χ2n) is 4.75. The maximum atomic E-state index is 5.22. The summed E-state index contributed by atoms with van der Waals surface area (Å²) in [4.78, 5) is 0. The molecule has 0 bridgehead atoms. The number of nitrogens with one attached hydrogen (secondary N) is 1. The van der Waals surface area contributed by atoms with E-state index in [1.54, 1.807) is 7.11 Å². The summed E-state index contributed by atoms with van der Waals surface area (Å²) in [5.74, 6) is 0.950. The van der Waals surface area contributed by atoms with E-state index in [9.17, 15) is 0 Å². The van der Waals surface area contributed by atoms with E-state index >= 15 is 0 Å². The molecule has 0 heterocycles. The van der Waals surface area contributed by atoms with Crippen molar-refractivity contribution in [3.05, 3.63) is 0 Å². The van der Waals surface area contributed by atoms with E-state index in [-0.39, 0.29) is 0 Å². The van der Waals surface area contributed by atoms with Crippen LogP contribution in [0.2, 0.25) is 0 Å². The molecule has 0 aromatic rings. The highest BCUT2D eigenvalue weighted by Gasteiger charge is 2.17. The van der Waals surface area contributed by atoms with E-state index < -0.39 is 0 Å². The van der Waals surface area contributed by atoms with Gasteiger partial charge in [-0.1, -0.05) is 6.92 Å². The summed E-state index contributed by atoms with van der Waals surface area (Å²) in [6.45, 7) is 5.60. The Labute approximate surface area is 88.4 Å². The van der Waals surface area contributed by atoms with E-state index in [0.717, 1.165) is 24.9 Å². The molecule has 0 amide bonds. The SMILES string of the molecule is COC(C)CCNC1CCC(C)CC1. The van der Waals surface area contributed by atoms with E-state index in [2.05, 4.69) is 19.2 Å². The van der Waals surface area contributed by atoms with Gasteiger partial charge in [-0.05, 0) is 51.5 Å². The zero-order valence-electron chi connectivity index (χ0n) is 9.88. The summed E-state index contributed by atoms with van der Waals surface area (Å²) >= 11 is 0. The lowest BCUT2D eigenvalue weighted by Crippen LogP contribution is -2.34. The molecule has 0 aliphatic heterocycles. The second-order valence-corrected chi connectivity index (χ2v) is 4.75. The van der Waals surface area contributed by atoms with Crippen LogP contribution < -0.4 is 5.32 Å². The number of hydrogen-bond donors (Lipinski definition) is 1. The molecule has 1 N–H and O–H groups in total. The topological polar surface area (TPSA) is 21.3 Å². The molecular weight excluding hydrogens is 174 g/mol. The van der Waals surface area contributed by atoms with Crippen LogP contribution in [0.5, 0.6) is 0 Å². The van der Waals surface area contributed by atoms with Crippen LogP contribution in [0.1, 0.15) is 46.0 Å². The van der Waals surface area contributed by atoms with Crippen molar-refractivity contribution >= 4 is 0 Å². The van der Waals surface area contributed by atoms with Crippen LogP contribution in [0.4, 0.5) is 0 Å². The molecule has 1 aliphatic rings. The van der Waals surface area contributed by atoms with Crippen LogP contribution in [-0.4, -0.2) is 25.8 Å². The van der Waals surface area contributed by atoms with Gasteiger partial charge in [0.1, 0.15) is 0 Å². The van der Waals surface area contributed by atoms with Gasteiger partial charge in [-0.2, -0.15) is 0 Å². The molecule has 14 heavy (non-hydrogen) atoms. The van der Waals surface area contributed by atoms with E-state index in [4.69, 9.17) is 4.74 Å². The zero-order valence-corrected chi connectivity index (χ0v) is 9.88. The number of rotatable bonds is 5. The number of ether oxygens (including phenoxy) is 1. The fourth-order valence-corrected chi connectivity index (χ4v) is 2.07. The average Bonchev–Trinajstić information content (AvgIpc) is 2.21. The molecule has 0 aromatic heterocycles. The molecule has 1 atom stereocenters. The average molecular weight is 199 g/mol. The summed E-state index contributed by atoms with van der Waals surface area (Å²) in [6, 6.07) is 0.773. The zero-order chi connectivity index (χ0) is 10.4. The lowest BCUT2D eigenvalue weighted by atomic mass is 9.87. The molecular formula is C12H25NO. The quantitative estimate of drug-likeness (QED) is 0.735. The van der Waals surface area contributed by atoms with Crippen LogP contribution in [0.15, 0.2) is 0 Å². The molecule has 1 fully saturated rings. The van der Waals surface area contributed by atoms with Crippen LogP contribution in [0.25, 0.3) is 0 Å². The molecule has 1 unspecified atom stereocenters. The minimum Gasteiger partial charge on any atom is -0.382 e. The van der Waals surface area contributed by atoms with Crippen molar-refractivity contribution in [2.45, 2.75) is 58.1 Å². The molecule has 1 saturated carbocycles. The first-order chi connectivity index (χ1) is 6.72. The Morgan fingerprint density at radius 1 is 1.29 bits per heavy atom. The van der Waals surface area contributed by atoms with Gasteiger partial charge in [0, 0.05) is 13.2 Å². The molecule has 0 saturated heterocycles. The molecule has 1 aliphatic carbocycles. The minimum atomic E-state index is 0.394.